The van der Waals surface area contributed by atoms with Gasteiger partial charge in [0.05, 0.1) is 13.2 Å². The van der Waals surface area contributed by atoms with Crippen molar-refractivity contribution in [3.05, 3.63) is 0 Å². The van der Waals surface area contributed by atoms with Crippen LogP contribution in [0.4, 0.5) is 0 Å². The summed E-state index contributed by atoms with van der Waals surface area (Å²) in [6.07, 6.45) is -7.27. The van der Waals surface area contributed by atoms with E-state index in [0.29, 0.717) is 0 Å². The topological polar surface area (TPSA) is 168 Å². The average molecular weight is 302 g/mol. The van der Waals surface area contributed by atoms with E-state index in [1.54, 1.807) is 0 Å². The van der Waals surface area contributed by atoms with Crippen molar-refractivity contribution in [1.82, 2.24) is 0 Å². The van der Waals surface area contributed by atoms with Gasteiger partial charge in [-0.3, -0.25) is 4.52 Å². The fraction of sp³-hybridized carbons (Fsp3) is 1.00. The van der Waals surface area contributed by atoms with Crippen molar-refractivity contribution < 1.29 is 44.4 Å². The predicted molar refractivity (Wildman–Crippen MR) is 56.3 cm³/mol. The van der Waals surface area contributed by atoms with Gasteiger partial charge in [-0.15, -0.1) is 0 Å². The van der Waals surface area contributed by atoms with Crippen molar-refractivity contribution in [2.45, 2.75) is 24.4 Å². The number of rotatable bonds is 7. The van der Waals surface area contributed by atoms with Gasteiger partial charge in [0, 0.05) is 0 Å². The summed E-state index contributed by atoms with van der Waals surface area (Å²) in [6, 6.07) is 0. The number of aliphatic hydroxyl groups excluding tert-OH is 5. The average Bonchev–Trinajstić information content (AvgIpc) is 2.21. The number of aliphatic hydroxyl groups is 5. The summed E-state index contributed by atoms with van der Waals surface area (Å²) in [5.41, 5.74) is 0. The molecule has 0 fully saturated rings. The van der Waals surface area contributed by atoms with E-state index in [9.17, 15) is 9.67 Å². The summed E-state index contributed by atoms with van der Waals surface area (Å²) in [5, 5.41) is 44.8. The minimum atomic E-state index is -4.78. The molecule has 0 unspecified atom stereocenters. The third-order valence-corrected chi connectivity index (χ3v) is 2.22. The molecule has 11 heteroatoms. The van der Waals surface area contributed by atoms with E-state index in [2.05, 4.69) is 4.52 Å². The molecule has 0 rings (SSSR count). The molecule has 100 valence electrons. The summed E-state index contributed by atoms with van der Waals surface area (Å²) >= 11 is 0. The molecule has 9 nitrogen and oxygen atoms in total. The zero-order valence-corrected chi connectivity index (χ0v) is 9.01. The summed E-state index contributed by atoms with van der Waals surface area (Å²) in [4.78, 5) is 16.6. The molecule has 0 aromatic carbocycles. The molecule has 0 saturated carbocycles. The second kappa shape index (κ2) is 9.45. The molecule has 0 bridgehead atoms. The monoisotopic (exact) mass is 302 g/mol. The molecular weight excluding hydrogens is 286 g/mol. The Hall–Kier alpha value is 1.55. The van der Waals surface area contributed by atoms with Crippen LogP contribution >= 0.6 is 7.82 Å². The van der Waals surface area contributed by atoms with Gasteiger partial charge in [0.1, 0.15) is 24.4 Å². The number of hydrogen-bond donors (Lipinski definition) is 7. The standard InChI is InChI=1S/C6H15O9P.K.H/c7-1-3(8)5(10)6(11)4(9)2-15-16(12,13)14;;/h3-11H,1-2H2,(H2,12,13,14);;/t3-,4-,5-,6-;;/m1../s1. The van der Waals surface area contributed by atoms with Gasteiger partial charge in [-0.2, -0.15) is 0 Å². The van der Waals surface area contributed by atoms with E-state index in [1.165, 1.54) is 0 Å². The van der Waals surface area contributed by atoms with E-state index in [1.807, 2.05) is 0 Å². The zero-order valence-electron chi connectivity index (χ0n) is 8.12. The molecule has 0 aromatic heterocycles. The van der Waals surface area contributed by atoms with Crippen LogP contribution in [0.15, 0.2) is 0 Å². The van der Waals surface area contributed by atoms with Crippen LogP contribution < -0.4 is 0 Å². The molecule has 0 amide bonds. The van der Waals surface area contributed by atoms with Gasteiger partial charge >= 0.3 is 59.2 Å². The number of phosphoric acid groups is 1. The van der Waals surface area contributed by atoms with Crippen molar-refractivity contribution in [2.75, 3.05) is 13.2 Å². The van der Waals surface area contributed by atoms with Crippen LogP contribution in [0.3, 0.4) is 0 Å². The van der Waals surface area contributed by atoms with Gasteiger partial charge in [-0.1, -0.05) is 0 Å². The van der Waals surface area contributed by atoms with Crippen LogP contribution in [0.1, 0.15) is 0 Å². The van der Waals surface area contributed by atoms with E-state index in [0.717, 1.165) is 0 Å². The SMILES string of the molecule is O=P(O)(O)OC[C@@H](O)[C@@H](O)[C@H](O)[C@H](O)CO.[KH]. The molecule has 0 aliphatic carbocycles. The van der Waals surface area contributed by atoms with Crippen molar-refractivity contribution in [1.29, 1.82) is 0 Å². The Balaban J connectivity index is 0. The van der Waals surface area contributed by atoms with Crippen LogP contribution in [0.5, 0.6) is 0 Å². The van der Waals surface area contributed by atoms with Crippen LogP contribution in [0.25, 0.3) is 0 Å². The van der Waals surface area contributed by atoms with Gasteiger partial charge < -0.3 is 35.3 Å². The van der Waals surface area contributed by atoms with Crippen LogP contribution in [0.2, 0.25) is 0 Å². The van der Waals surface area contributed by atoms with E-state index < -0.39 is 45.5 Å². The van der Waals surface area contributed by atoms with E-state index in [-0.39, 0.29) is 51.4 Å². The predicted octanol–water partition coefficient (Wildman–Crippen LogP) is -4.12. The van der Waals surface area contributed by atoms with Crippen molar-refractivity contribution in [2.24, 2.45) is 0 Å². The summed E-state index contributed by atoms with van der Waals surface area (Å²) in [6.45, 7) is -1.77. The molecular formula is C6H16KO9P. The molecule has 0 saturated heterocycles. The number of hydrogen-bond acceptors (Lipinski definition) is 7. The first-order valence-corrected chi connectivity index (χ1v) is 5.75. The quantitative estimate of drug-likeness (QED) is 0.182. The summed E-state index contributed by atoms with van der Waals surface area (Å²) < 4.78 is 14.1. The van der Waals surface area contributed by atoms with Gasteiger partial charge in [0.15, 0.2) is 0 Å². The van der Waals surface area contributed by atoms with Crippen molar-refractivity contribution in [3.63, 3.8) is 0 Å². The molecule has 4 atom stereocenters. The van der Waals surface area contributed by atoms with E-state index >= 15 is 0 Å². The van der Waals surface area contributed by atoms with Crippen LogP contribution in [-0.2, 0) is 9.09 Å². The maximum atomic E-state index is 10.2. The van der Waals surface area contributed by atoms with E-state index in [4.69, 9.17) is 30.2 Å². The normalized spacial score (nSPS) is 19.0. The second-order valence-electron chi connectivity index (χ2n) is 3.08. The van der Waals surface area contributed by atoms with Crippen molar-refractivity contribution in [3.8, 4) is 0 Å². The molecule has 0 heterocycles. The Labute approximate surface area is 140 Å². The Morgan fingerprint density at radius 2 is 1.41 bits per heavy atom. The van der Waals surface area contributed by atoms with Gasteiger partial charge in [0.2, 0.25) is 0 Å². The molecule has 0 aliphatic heterocycles. The van der Waals surface area contributed by atoms with Crippen LogP contribution in [-0.4, -0.2) is 124 Å². The Morgan fingerprint density at radius 3 is 1.76 bits per heavy atom. The Morgan fingerprint density at radius 1 is 1.00 bits per heavy atom. The molecule has 0 aliphatic rings. The van der Waals surface area contributed by atoms with Crippen LogP contribution in [0, 0.1) is 0 Å². The van der Waals surface area contributed by atoms with Gasteiger partial charge in [-0.05, 0) is 0 Å². The first kappa shape index (κ1) is 20.9. The second-order valence-corrected chi connectivity index (χ2v) is 4.32. The molecule has 0 spiro atoms. The fourth-order valence-electron chi connectivity index (χ4n) is 0.835. The first-order valence-electron chi connectivity index (χ1n) is 4.22. The summed E-state index contributed by atoms with van der Waals surface area (Å²) in [5.74, 6) is 0. The van der Waals surface area contributed by atoms with Crippen molar-refractivity contribution >= 4 is 59.2 Å². The molecule has 0 aromatic rings. The maximum absolute atomic E-state index is 10.2. The summed E-state index contributed by atoms with van der Waals surface area (Å²) in [7, 11) is -4.78. The first-order chi connectivity index (χ1) is 7.19. The molecule has 7 N–H and O–H groups in total. The number of phosphoric ester groups is 1. The van der Waals surface area contributed by atoms with Gasteiger partial charge in [-0.25, -0.2) is 4.57 Å². The Kier molecular flexibility index (Phi) is 11.6. The minimum absolute atomic E-state index is 0. The van der Waals surface area contributed by atoms with Gasteiger partial charge in [0.25, 0.3) is 0 Å². The third kappa shape index (κ3) is 9.13. The third-order valence-electron chi connectivity index (χ3n) is 1.74. The molecule has 0 radical (unpaired) electrons. The molecule has 17 heavy (non-hydrogen) atoms. The fourth-order valence-corrected chi connectivity index (χ4v) is 1.18. The Bertz CT molecular complexity index is 246. The zero-order chi connectivity index (χ0) is 12.9.